The number of carbonyl (C=O) groups is 2. The van der Waals surface area contributed by atoms with Crippen LogP contribution in [0.15, 0.2) is 36.5 Å². The van der Waals surface area contributed by atoms with Gasteiger partial charge in [0, 0.05) is 19.4 Å². The van der Waals surface area contributed by atoms with Crippen LogP contribution in [0.4, 0.5) is 0 Å². The van der Waals surface area contributed by atoms with Gasteiger partial charge in [0.2, 0.25) is 0 Å². The SMILES string of the molecule is CCCCCCC/C=C\C/C=C\C/C=C\CCCCCCCCCCCCCCCCCCCCC(=O)OC(COC(=O)CCCCCCCCCCCCCCCCCCCCCCCCCCCCCCCCCCCCCC)COP(=O)(O)OCCN. The van der Waals surface area contributed by atoms with Gasteiger partial charge in [-0.1, -0.05) is 403 Å². The summed E-state index contributed by atoms with van der Waals surface area (Å²) >= 11 is 0. The van der Waals surface area contributed by atoms with Crippen molar-refractivity contribution in [2.45, 2.75) is 437 Å². The Bertz CT molecular complexity index is 1570. The highest BCUT2D eigenvalue weighted by Crippen LogP contribution is 2.43. The molecule has 0 saturated heterocycles. The summed E-state index contributed by atoms with van der Waals surface area (Å²) in [4.78, 5) is 35.5. The van der Waals surface area contributed by atoms with E-state index in [0.29, 0.717) is 6.42 Å². The third-order valence-electron chi connectivity index (χ3n) is 18.3. The number of hydrogen-bond donors (Lipinski definition) is 2. The van der Waals surface area contributed by atoms with E-state index < -0.39 is 26.5 Å². The van der Waals surface area contributed by atoms with Gasteiger partial charge in [0.25, 0.3) is 0 Å². The Morgan fingerprint density at radius 1 is 0.333 bits per heavy atom. The molecule has 0 aliphatic rings. The van der Waals surface area contributed by atoms with Crippen molar-refractivity contribution in [2.75, 3.05) is 26.4 Å². The van der Waals surface area contributed by atoms with Crippen LogP contribution in [0.2, 0.25) is 0 Å². The monoisotopic (exact) mass is 1290 g/mol. The summed E-state index contributed by atoms with van der Waals surface area (Å²) in [6.45, 7) is 3.82. The average Bonchev–Trinajstić information content (AvgIpc) is 3.58. The zero-order valence-corrected chi connectivity index (χ0v) is 61.1. The van der Waals surface area contributed by atoms with Crippen molar-refractivity contribution in [1.29, 1.82) is 0 Å². The van der Waals surface area contributed by atoms with E-state index in [1.165, 1.54) is 353 Å². The van der Waals surface area contributed by atoms with Crippen molar-refractivity contribution in [1.82, 2.24) is 0 Å². The summed E-state index contributed by atoms with van der Waals surface area (Å²) in [5.74, 6) is -0.802. The topological polar surface area (TPSA) is 134 Å². The number of rotatable bonds is 77. The van der Waals surface area contributed by atoms with Gasteiger partial charge in [0.1, 0.15) is 6.61 Å². The van der Waals surface area contributed by atoms with Gasteiger partial charge in [0.05, 0.1) is 13.2 Å². The molecule has 0 rings (SSSR count). The molecule has 2 unspecified atom stereocenters. The lowest BCUT2D eigenvalue weighted by atomic mass is 10.0. The minimum Gasteiger partial charge on any atom is -0.462 e. The molecule has 0 spiro atoms. The van der Waals surface area contributed by atoms with E-state index in [0.717, 1.165) is 44.9 Å². The minimum absolute atomic E-state index is 0.0563. The predicted molar refractivity (Wildman–Crippen MR) is 390 cm³/mol. The molecule has 0 fully saturated rings. The normalized spacial score (nSPS) is 13.0. The van der Waals surface area contributed by atoms with Gasteiger partial charge in [-0.3, -0.25) is 18.6 Å². The second kappa shape index (κ2) is 76.2. The fourth-order valence-electron chi connectivity index (χ4n) is 12.4. The van der Waals surface area contributed by atoms with E-state index in [1.807, 2.05) is 0 Å². The molecule has 0 aliphatic carbocycles. The van der Waals surface area contributed by atoms with Gasteiger partial charge in [-0.25, -0.2) is 4.57 Å². The van der Waals surface area contributed by atoms with Crippen molar-refractivity contribution in [2.24, 2.45) is 5.73 Å². The summed E-state index contributed by atoms with van der Waals surface area (Å²) in [6.07, 6.45) is 97.2. The van der Waals surface area contributed by atoms with Gasteiger partial charge >= 0.3 is 19.8 Å². The molecule has 0 aromatic carbocycles. The fourth-order valence-corrected chi connectivity index (χ4v) is 13.1. The zero-order valence-electron chi connectivity index (χ0n) is 60.2. The first kappa shape index (κ1) is 88.2. The fraction of sp³-hybridized carbons (Fsp3) is 0.900. The number of nitrogens with two attached hydrogens (primary N) is 1. The van der Waals surface area contributed by atoms with E-state index in [2.05, 4.69) is 50.3 Å². The van der Waals surface area contributed by atoms with Crippen molar-refractivity contribution in [3.05, 3.63) is 36.5 Å². The van der Waals surface area contributed by atoms with E-state index in [9.17, 15) is 19.0 Å². The largest absolute Gasteiger partial charge is 0.472 e. The predicted octanol–water partition coefficient (Wildman–Crippen LogP) is 26.6. The summed E-state index contributed by atoms with van der Waals surface area (Å²) in [5, 5.41) is 0. The number of phosphoric acid groups is 1. The third kappa shape index (κ3) is 75.3. The second-order valence-corrected chi connectivity index (χ2v) is 28.8. The van der Waals surface area contributed by atoms with E-state index in [4.69, 9.17) is 24.3 Å². The molecule has 0 aromatic rings. The molecule has 0 aliphatic heterocycles. The van der Waals surface area contributed by atoms with Crippen LogP contribution in [0.3, 0.4) is 0 Å². The molecule has 9 nitrogen and oxygen atoms in total. The maximum Gasteiger partial charge on any atom is 0.472 e. The molecule has 0 amide bonds. The maximum atomic E-state index is 12.8. The first-order chi connectivity index (χ1) is 44.3. The number of carbonyl (C=O) groups excluding carboxylic acids is 2. The Labute approximate surface area is 560 Å². The molecule has 532 valence electrons. The van der Waals surface area contributed by atoms with Crippen molar-refractivity contribution < 1.29 is 37.6 Å². The number of esters is 2. The summed E-state index contributed by atoms with van der Waals surface area (Å²) < 4.78 is 33.3. The standard InChI is InChI=1S/C80H154NO8P/c1-3-5-7-9-11-13-15-17-19-21-23-25-27-29-31-33-35-37-38-39-41-42-44-46-48-50-52-54-56-58-60-62-64-66-68-70-72-79(82)86-76-78(77-88-90(84,85)87-75-74-81)89-80(83)73-71-69-67-65-63-61-59-57-55-53-51-49-47-45-43-40-36-34-32-30-28-26-24-22-20-18-16-14-12-10-8-6-4-2/h16,18,22,24,28,30,78H,3-15,17,19-21,23,25-27,29,31-77,81H2,1-2H3,(H,84,85)/b18-16-,24-22-,30-28-. The van der Waals surface area contributed by atoms with E-state index in [-0.39, 0.29) is 38.6 Å². The number of hydrogen-bond acceptors (Lipinski definition) is 8. The number of phosphoric ester groups is 1. The van der Waals surface area contributed by atoms with Crippen LogP contribution in [0.5, 0.6) is 0 Å². The quantitative estimate of drug-likeness (QED) is 0.0264. The van der Waals surface area contributed by atoms with Crippen molar-refractivity contribution in [3.63, 3.8) is 0 Å². The Hall–Kier alpha value is -1.77. The first-order valence-corrected chi connectivity index (χ1v) is 41.5. The smallest absolute Gasteiger partial charge is 0.462 e. The highest BCUT2D eigenvalue weighted by atomic mass is 31.2. The Morgan fingerprint density at radius 3 is 0.856 bits per heavy atom. The van der Waals surface area contributed by atoms with Crippen LogP contribution in [0, 0.1) is 0 Å². The molecule has 3 N–H and O–H groups in total. The minimum atomic E-state index is -4.39. The molecule has 10 heteroatoms. The molecule has 2 atom stereocenters. The van der Waals surface area contributed by atoms with Gasteiger partial charge in [-0.15, -0.1) is 0 Å². The molecule has 0 radical (unpaired) electrons. The Morgan fingerprint density at radius 2 is 0.578 bits per heavy atom. The molecular formula is C80H154NO8P. The lowest BCUT2D eigenvalue weighted by Crippen LogP contribution is -2.29. The number of unbranched alkanes of at least 4 members (excludes halogenated alkanes) is 58. The first-order valence-electron chi connectivity index (χ1n) is 40.0. The van der Waals surface area contributed by atoms with Crippen LogP contribution in [-0.2, 0) is 32.7 Å². The van der Waals surface area contributed by atoms with Crippen LogP contribution >= 0.6 is 7.82 Å². The van der Waals surface area contributed by atoms with Crippen LogP contribution in [-0.4, -0.2) is 49.3 Å². The zero-order chi connectivity index (χ0) is 65.1. The highest BCUT2D eigenvalue weighted by Gasteiger charge is 2.26. The van der Waals surface area contributed by atoms with Crippen LogP contribution in [0.25, 0.3) is 0 Å². The molecule has 90 heavy (non-hydrogen) atoms. The molecular weight excluding hydrogens is 1130 g/mol. The Balaban J connectivity index is 3.75. The lowest BCUT2D eigenvalue weighted by Gasteiger charge is -2.19. The van der Waals surface area contributed by atoms with Crippen molar-refractivity contribution in [3.8, 4) is 0 Å². The molecule has 0 bridgehead atoms. The summed E-state index contributed by atoms with van der Waals surface area (Å²) in [5.41, 5.74) is 5.42. The number of allylic oxidation sites excluding steroid dienone is 6. The van der Waals surface area contributed by atoms with Crippen molar-refractivity contribution >= 4 is 19.8 Å². The van der Waals surface area contributed by atoms with Gasteiger partial charge in [0.15, 0.2) is 6.10 Å². The van der Waals surface area contributed by atoms with E-state index >= 15 is 0 Å². The van der Waals surface area contributed by atoms with Crippen LogP contribution < -0.4 is 5.73 Å². The van der Waals surface area contributed by atoms with Crippen LogP contribution in [0.1, 0.15) is 431 Å². The number of ether oxygens (including phenoxy) is 2. The van der Waals surface area contributed by atoms with Gasteiger partial charge in [-0.2, -0.15) is 0 Å². The molecule has 0 saturated carbocycles. The molecule has 0 heterocycles. The molecule has 0 aromatic heterocycles. The van der Waals surface area contributed by atoms with Gasteiger partial charge in [-0.05, 0) is 51.4 Å². The summed E-state index contributed by atoms with van der Waals surface area (Å²) in [7, 11) is -4.39. The van der Waals surface area contributed by atoms with Gasteiger partial charge < -0.3 is 20.1 Å². The van der Waals surface area contributed by atoms with E-state index in [1.54, 1.807) is 0 Å². The highest BCUT2D eigenvalue weighted by molar-refractivity contribution is 7.47. The second-order valence-electron chi connectivity index (χ2n) is 27.3. The lowest BCUT2D eigenvalue weighted by molar-refractivity contribution is -0.161. The average molecular weight is 1290 g/mol. The maximum absolute atomic E-state index is 12.8. The Kier molecular flexibility index (Phi) is 74.8. The summed E-state index contributed by atoms with van der Waals surface area (Å²) in [6, 6.07) is 0. The third-order valence-corrected chi connectivity index (χ3v) is 19.3.